The predicted molar refractivity (Wildman–Crippen MR) is 114 cm³/mol. The van der Waals surface area contributed by atoms with Crippen LogP contribution >= 0.6 is 0 Å². The number of imidazole rings is 1. The third-order valence-electron chi connectivity index (χ3n) is 6.43. The average Bonchev–Trinajstić information content (AvgIpc) is 3.26. The van der Waals surface area contributed by atoms with Crippen LogP contribution in [0.4, 0.5) is 0 Å². The molecule has 1 aromatic heterocycles. The number of likely N-dealkylation sites (tertiary alicyclic amines) is 1. The number of methoxy groups -OCH3 is 1. The fourth-order valence-electron chi connectivity index (χ4n) is 4.67. The molecule has 4 rings (SSSR count). The van der Waals surface area contributed by atoms with Crippen LogP contribution in [0.2, 0.25) is 0 Å². The lowest BCUT2D eigenvalue weighted by Crippen LogP contribution is -2.54. The van der Waals surface area contributed by atoms with Gasteiger partial charge in [0.15, 0.2) is 6.10 Å². The Morgan fingerprint density at radius 2 is 1.93 bits per heavy atom. The number of carbonyl (C=O) groups is 1. The fraction of sp³-hybridized carbons (Fsp3) is 0.565. The number of carbonyl (C=O) groups excluding carboxylic acids is 1. The molecule has 0 bridgehead atoms. The molecule has 30 heavy (non-hydrogen) atoms. The first-order chi connectivity index (χ1) is 14.6. The zero-order valence-corrected chi connectivity index (χ0v) is 18.2. The number of amides is 1. The SMILES string of the molecule is CCN(CC)C(=O)[C@@H]1Cn2ccnc2C2(CCN(Cc3ccc(OC)cc3)CC2)O1. The number of nitrogens with zero attached hydrogens (tertiary/aromatic N) is 4. The standard InChI is InChI=1S/C23H32N4O3/c1-4-26(5-2)21(28)20-17-27-15-12-24-22(27)23(30-20)10-13-25(14-11-23)16-18-6-8-19(29-3)9-7-18/h6-9,12,15,20H,4-5,10-11,13-14,16-17H2,1-3H3/t20-/m0/s1. The summed E-state index contributed by atoms with van der Waals surface area (Å²) in [6.45, 7) is 8.69. The molecule has 7 heteroatoms. The molecule has 0 radical (unpaired) electrons. The summed E-state index contributed by atoms with van der Waals surface area (Å²) in [4.78, 5) is 21.9. The van der Waals surface area contributed by atoms with Crippen molar-refractivity contribution in [3.8, 4) is 5.75 Å². The molecule has 1 atom stereocenters. The van der Waals surface area contributed by atoms with Crippen molar-refractivity contribution in [2.45, 2.75) is 51.5 Å². The van der Waals surface area contributed by atoms with E-state index in [-0.39, 0.29) is 5.91 Å². The van der Waals surface area contributed by atoms with E-state index >= 15 is 0 Å². The summed E-state index contributed by atoms with van der Waals surface area (Å²) in [7, 11) is 1.69. The van der Waals surface area contributed by atoms with Gasteiger partial charge in [-0.3, -0.25) is 9.69 Å². The van der Waals surface area contributed by atoms with Gasteiger partial charge < -0.3 is 18.9 Å². The van der Waals surface area contributed by atoms with E-state index in [9.17, 15) is 4.79 Å². The van der Waals surface area contributed by atoms with E-state index in [1.54, 1.807) is 7.11 Å². The molecular formula is C23H32N4O3. The highest BCUT2D eigenvalue weighted by atomic mass is 16.5. The lowest BCUT2D eigenvalue weighted by molar-refractivity contribution is -0.181. The van der Waals surface area contributed by atoms with Gasteiger partial charge in [0.1, 0.15) is 17.2 Å². The molecule has 162 valence electrons. The van der Waals surface area contributed by atoms with Gasteiger partial charge in [0.25, 0.3) is 5.91 Å². The fourth-order valence-corrected chi connectivity index (χ4v) is 4.67. The summed E-state index contributed by atoms with van der Waals surface area (Å²) in [6.07, 6.45) is 5.03. The van der Waals surface area contributed by atoms with E-state index in [0.717, 1.165) is 44.0 Å². The van der Waals surface area contributed by atoms with Crippen LogP contribution in [0.15, 0.2) is 36.7 Å². The zero-order chi connectivity index (χ0) is 21.1. The third kappa shape index (κ3) is 3.96. The molecule has 0 unspecified atom stereocenters. The van der Waals surface area contributed by atoms with Gasteiger partial charge in [-0.25, -0.2) is 4.98 Å². The minimum atomic E-state index is -0.481. The predicted octanol–water partition coefficient (Wildman–Crippen LogP) is 2.65. The summed E-state index contributed by atoms with van der Waals surface area (Å²) in [5.41, 5.74) is 0.790. The molecule has 0 aliphatic carbocycles. The van der Waals surface area contributed by atoms with E-state index in [0.29, 0.717) is 19.6 Å². The highest BCUT2D eigenvalue weighted by Crippen LogP contribution is 2.40. The van der Waals surface area contributed by atoms with Gasteiger partial charge in [0.05, 0.1) is 13.7 Å². The lowest BCUT2D eigenvalue weighted by Gasteiger charge is -2.46. The number of benzene rings is 1. The maximum absolute atomic E-state index is 13.0. The number of hydrogen-bond donors (Lipinski definition) is 0. The lowest BCUT2D eigenvalue weighted by atomic mass is 9.88. The molecule has 2 aromatic rings. The molecular weight excluding hydrogens is 380 g/mol. The summed E-state index contributed by atoms with van der Waals surface area (Å²) < 4.78 is 13.9. The van der Waals surface area contributed by atoms with Crippen molar-refractivity contribution < 1.29 is 14.3 Å². The van der Waals surface area contributed by atoms with Gasteiger partial charge >= 0.3 is 0 Å². The molecule has 3 heterocycles. The average molecular weight is 413 g/mol. The van der Waals surface area contributed by atoms with Gasteiger partial charge in [-0.05, 0) is 44.4 Å². The Morgan fingerprint density at radius 3 is 2.57 bits per heavy atom. The second kappa shape index (κ2) is 8.78. The number of rotatable bonds is 6. The van der Waals surface area contributed by atoms with Crippen molar-refractivity contribution in [3.63, 3.8) is 0 Å². The summed E-state index contributed by atoms with van der Waals surface area (Å²) in [5, 5.41) is 0. The van der Waals surface area contributed by atoms with Crippen molar-refractivity contribution in [2.24, 2.45) is 0 Å². The Hall–Kier alpha value is -2.38. The topological polar surface area (TPSA) is 59.8 Å². The van der Waals surface area contributed by atoms with E-state index < -0.39 is 11.7 Å². The highest BCUT2D eigenvalue weighted by Gasteiger charge is 2.47. The summed E-state index contributed by atoms with van der Waals surface area (Å²) in [5.74, 6) is 1.93. The molecule has 0 N–H and O–H groups in total. The molecule has 1 amide bonds. The number of aromatic nitrogens is 2. The monoisotopic (exact) mass is 412 g/mol. The van der Waals surface area contributed by atoms with Crippen LogP contribution in [0.5, 0.6) is 5.75 Å². The Balaban J connectivity index is 1.46. The van der Waals surface area contributed by atoms with Crippen LogP contribution < -0.4 is 4.74 Å². The molecule has 2 aliphatic heterocycles. The number of hydrogen-bond acceptors (Lipinski definition) is 5. The van der Waals surface area contributed by atoms with Gasteiger partial charge in [-0.15, -0.1) is 0 Å². The molecule has 1 saturated heterocycles. The van der Waals surface area contributed by atoms with Gasteiger partial charge in [0.2, 0.25) is 0 Å². The van der Waals surface area contributed by atoms with Gasteiger partial charge in [0, 0.05) is 45.1 Å². The van der Waals surface area contributed by atoms with E-state index in [1.807, 2.05) is 43.3 Å². The Labute approximate surface area is 178 Å². The van der Waals surface area contributed by atoms with Crippen LogP contribution in [-0.4, -0.2) is 64.7 Å². The summed E-state index contributed by atoms with van der Waals surface area (Å²) >= 11 is 0. The van der Waals surface area contributed by atoms with Gasteiger partial charge in [-0.2, -0.15) is 0 Å². The minimum Gasteiger partial charge on any atom is -0.497 e. The highest BCUT2D eigenvalue weighted by molar-refractivity contribution is 5.81. The van der Waals surface area contributed by atoms with Crippen LogP contribution in [0.3, 0.4) is 0 Å². The molecule has 2 aliphatic rings. The van der Waals surface area contributed by atoms with Crippen molar-refractivity contribution >= 4 is 5.91 Å². The Kier molecular flexibility index (Phi) is 6.11. The van der Waals surface area contributed by atoms with Crippen LogP contribution in [-0.2, 0) is 28.2 Å². The molecule has 0 saturated carbocycles. The van der Waals surface area contributed by atoms with E-state index in [2.05, 4.69) is 26.6 Å². The minimum absolute atomic E-state index is 0.0828. The van der Waals surface area contributed by atoms with Gasteiger partial charge in [-0.1, -0.05) is 12.1 Å². The number of fused-ring (bicyclic) bond motifs is 2. The van der Waals surface area contributed by atoms with Crippen molar-refractivity contribution in [1.82, 2.24) is 19.4 Å². The normalized spacial score (nSPS) is 20.7. The largest absolute Gasteiger partial charge is 0.497 e. The van der Waals surface area contributed by atoms with Crippen molar-refractivity contribution in [1.29, 1.82) is 0 Å². The third-order valence-corrected chi connectivity index (χ3v) is 6.43. The first-order valence-corrected chi connectivity index (χ1v) is 10.9. The van der Waals surface area contributed by atoms with Crippen LogP contribution in [0.25, 0.3) is 0 Å². The first kappa shape index (κ1) is 20.9. The second-order valence-corrected chi connectivity index (χ2v) is 8.14. The zero-order valence-electron chi connectivity index (χ0n) is 18.2. The number of ether oxygens (including phenoxy) is 2. The summed E-state index contributed by atoms with van der Waals surface area (Å²) in [6, 6.07) is 8.24. The van der Waals surface area contributed by atoms with Crippen LogP contribution in [0, 0.1) is 0 Å². The quantitative estimate of drug-likeness (QED) is 0.730. The van der Waals surface area contributed by atoms with E-state index in [1.165, 1.54) is 5.56 Å². The Bertz CT molecular complexity index is 852. The van der Waals surface area contributed by atoms with Crippen molar-refractivity contribution in [2.75, 3.05) is 33.3 Å². The number of likely N-dealkylation sites (N-methyl/N-ethyl adjacent to an activating group) is 1. The maximum Gasteiger partial charge on any atom is 0.253 e. The van der Waals surface area contributed by atoms with Crippen molar-refractivity contribution in [3.05, 3.63) is 48.0 Å². The molecule has 1 aromatic carbocycles. The smallest absolute Gasteiger partial charge is 0.253 e. The molecule has 1 spiro atoms. The first-order valence-electron chi connectivity index (χ1n) is 10.9. The second-order valence-electron chi connectivity index (χ2n) is 8.14. The Morgan fingerprint density at radius 1 is 1.23 bits per heavy atom. The number of piperidine rings is 1. The van der Waals surface area contributed by atoms with E-state index in [4.69, 9.17) is 9.47 Å². The maximum atomic E-state index is 13.0. The molecule has 7 nitrogen and oxygen atoms in total. The molecule has 1 fully saturated rings. The van der Waals surface area contributed by atoms with Crippen LogP contribution in [0.1, 0.15) is 38.1 Å².